The molecule has 3 heterocycles. The topological polar surface area (TPSA) is 98.2 Å². The second-order valence-corrected chi connectivity index (χ2v) is 7.19. The number of hydrogen-bond donors (Lipinski definition) is 1. The third-order valence-corrected chi connectivity index (χ3v) is 5.46. The molecule has 5 rings (SSSR count). The predicted octanol–water partition coefficient (Wildman–Crippen LogP) is 3.45. The number of pyridine rings is 1. The molecule has 160 valence electrons. The van der Waals surface area contributed by atoms with Crippen molar-refractivity contribution in [1.82, 2.24) is 4.98 Å². The number of aromatic nitrogens is 1. The van der Waals surface area contributed by atoms with Crippen LogP contribution in [0.5, 0.6) is 17.2 Å². The number of Topliss-reactive ketones (excluding diaryl/α,β-unsaturated/α-hetero) is 1. The number of amides is 1. The molecule has 8 nitrogen and oxygen atoms in total. The predicted molar refractivity (Wildman–Crippen MR) is 115 cm³/mol. The first kappa shape index (κ1) is 19.6. The molecule has 1 atom stereocenters. The lowest BCUT2D eigenvalue weighted by atomic mass is 9.95. The number of methoxy groups -OCH3 is 1. The van der Waals surface area contributed by atoms with Crippen molar-refractivity contribution in [2.45, 2.75) is 6.04 Å². The van der Waals surface area contributed by atoms with Gasteiger partial charge < -0.3 is 19.3 Å². The highest BCUT2D eigenvalue weighted by molar-refractivity contribution is 6.51. The number of rotatable bonds is 4. The second-order valence-electron chi connectivity index (χ2n) is 7.19. The number of hydrogen-bond acceptors (Lipinski definition) is 7. The Morgan fingerprint density at radius 2 is 1.81 bits per heavy atom. The van der Waals surface area contributed by atoms with Crippen LogP contribution < -0.4 is 19.1 Å². The molecule has 0 radical (unpaired) electrons. The molecule has 1 fully saturated rings. The lowest BCUT2D eigenvalue weighted by Gasteiger charge is -2.25. The third kappa shape index (κ3) is 3.04. The van der Waals surface area contributed by atoms with Crippen LogP contribution in [0.1, 0.15) is 17.2 Å². The Morgan fingerprint density at radius 1 is 1.06 bits per heavy atom. The van der Waals surface area contributed by atoms with Gasteiger partial charge in [-0.1, -0.05) is 12.1 Å². The maximum atomic E-state index is 13.2. The number of aliphatic hydroxyl groups is 1. The fourth-order valence-electron chi connectivity index (χ4n) is 3.98. The fraction of sp³-hybridized carbons (Fsp3) is 0.125. The van der Waals surface area contributed by atoms with Gasteiger partial charge in [-0.15, -0.1) is 0 Å². The normalized spacial score (nSPS) is 18.8. The highest BCUT2D eigenvalue weighted by atomic mass is 16.7. The van der Waals surface area contributed by atoms with Crippen LogP contribution in [0.2, 0.25) is 0 Å². The summed E-state index contributed by atoms with van der Waals surface area (Å²) in [5.41, 5.74) is 1.34. The molecule has 0 saturated carbocycles. The van der Waals surface area contributed by atoms with Gasteiger partial charge in [0.15, 0.2) is 11.5 Å². The molecule has 2 aromatic carbocycles. The first-order valence-electron chi connectivity index (χ1n) is 9.84. The van der Waals surface area contributed by atoms with Gasteiger partial charge in [0, 0.05) is 24.1 Å². The SMILES string of the molecule is COc1ccccc1/C(O)=C1\C(=O)C(=O)N(c2ccc3c(c2)OCO3)C1c1ccncc1. The van der Waals surface area contributed by atoms with E-state index in [1.165, 1.54) is 12.0 Å². The van der Waals surface area contributed by atoms with Gasteiger partial charge in [0.25, 0.3) is 11.7 Å². The van der Waals surface area contributed by atoms with E-state index in [2.05, 4.69) is 4.98 Å². The van der Waals surface area contributed by atoms with Crippen LogP contribution >= 0.6 is 0 Å². The van der Waals surface area contributed by atoms with Gasteiger partial charge in [-0.05, 0) is 42.0 Å². The van der Waals surface area contributed by atoms with E-state index in [0.29, 0.717) is 34.1 Å². The van der Waals surface area contributed by atoms with Gasteiger partial charge in [0.05, 0.1) is 24.3 Å². The minimum atomic E-state index is -0.872. The molecule has 1 N–H and O–H groups in total. The number of anilines is 1. The highest BCUT2D eigenvalue weighted by Gasteiger charge is 2.47. The summed E-state index contributed by atoms with van der Waals surface area (Å²) in [6.45, 7) is 0.0825. The monoisotopic (exact) mass is 430 g/mol. The first-order chi connectivity index (χ1) is 15.6. The minimum Gasteiger partial charge on any atom is -0.507 e. The number of para-hydroxylation sites is 1. The molecular formula is C24H18N2O6. The van der Waals surface area contributed by atoms with Crippen molar-refractivity contribution in [3.63, 3.8) is 0 Å². The molecule has 0 spiro atoms. The Bertz CT molecular complexity index is 1250. The number of ether oxygens (including phenoxy) is 3. The zero-order valence-corrected chi connectivity index (χ0v) is 17.0. The summed E-state index contributed by atoms with van der Waals surface area (Å²) in [4.78, 5) is 31.8. The van der Waals surface area contributed by atoms with E-state index in [1.54, 1.807) is 67.0 Å². The molecule has 1 saturated heterocycles. The first-order valence-corrected chi connectivity index (χ1v) is 9.84. The van der Waals surface area contributed by atoms with E-state index in [9.17, 15) is 14.7 Å². The average molecular weight is 430 g/mol. The van der Waals surface area contributed by atoms with Crippen molar-refractivity contribution >= 4 is 23.1 Å². The number of carbonyl (C=O) groups is 2. The molecule has 32 heavy (non-hydrogen) atoms. The Hall–Kier alpha value is -4.33. The highest BCUT2D eigenvalue weighted by Crippen LogP contribution is 2.45. The summed E-state index contributed by atoms with van der Waals surface area (Å²) in [6.07, 6.45) is 3.14. The molecule has 2 aliphatic rings. The summed E-state index contributed by atoms with van der Waals surface area (Å²) in [6, 6.07) is 14.3. The molecule has 1 amide bonds. The fourth-order valence-corrected chi connectivity index (χ4v) is 3.98. The maximum Gasteiger partial charge on any atom is 0.300 e. The van der Waals surface area contributed by atoms with E-state index < -0.39 is 17.7 Å². The van der Waals surface area contributed by atoms with E-state index in [-0.39, 0.29) is 18.1 Å². The molecule has 1 aromatic heterocycles. The maximum absolute atomic E-state index is 13.2. The van der Waals surface area contributed by atoms with Crippen LogP contribution in [0.4, 0.5) is 5.69 Å². The largest absolute Gasteiger partial charge is 0.507 e. The second kappa shape index (κ2) is 7.73. The van der Waals surface area contributed by atoms with Crippen LogP contribution in [-0.2, 0) is 9.59 Å². The van der Waals surface area contributed by atoms with E-state index >= 15 is 0 Å². The number of nitrogens with zero attached hydrogens (tertiary/aromatic N) is 2. The van der Waals surface area contributed by atoms with Crippen LogP contribution in [0, 0.1) is 0 Å². The van der Waals surface area contributed by atoms with Crippen LogP contribution in [0.25, 0.3) is 5.76 Å². The Kier molecular flexibility index (Phi) is 4.74. The van der Waals surface area contributed by atoms with Gasteiger partial charge in [0.1, 0.15) is 11.5 Å². The standard InChI is InChI=1S/C24H18N2O6/c1-30-17-5-3-2-4-16(17)22(27)20-21(14-8-10-25-11-9-14)26(24(29)23(20)28)15-6-7-18-19(12-15)32-13-31-18/h2-12,21,27H,13H2,1H3/b22-20+. The van der Waals surface area contributed by atoms with Crippen molar-refractivity contribution in [2.24, 2.45) is 0 Å². The Morgan fingerprint density at radius 3 is 2.59 bits per heavy atom. The smallest absolute Gasteiger partial charge is 0.300 e. The number of fused-ring (bicyclic) bond motifs is 1. The molecule has 0 bridgehead atoms. The summed E-state index contributed by atoms with van der Waals surface area (Å²) < 4.78 is 16.1. The van der Waals surface area contributed by atoms with Gasteiger partial charge >= 0.3 is 0 Å². The van der Waals surface area contributed by atoms with Crippen molar-refractivity contribution in [3.8, 4) is 17.2 Å². The zero-order valence-electron chi connectivity index (χ0n) is 17.0. The third-order valence-electron chi connectivity index (χ3n) is 5.46. The Balaban J connectivity index is 1.72. The van der Waals surface area contributed by atoms with Crippen molar-refractivity contribution in [3.05, 3.63) is 83.7 Å². The van der Waals surface area contributed by atoms with E-state index in [0.717, 1.165) is 0 Å². The quantitative estimate of drug-likeness (QED) is 0.385. The number of benzene rings is 2. The van der Waals surface area contributed by atoms with Crippen LogP contribution in [-0.4, -0.2) is 35.7 Å². The summed E-state index contributed by atoms with van der Waals surface area (Å²) in [5.74, 6) is -0.462. The van der Waals surface area contributed by atoms with Crippen molar-refractivity contribution in [2.75, 3.05) is 18.8 Å². The molecule has 1 unspecified atom stereocenters. The summed E-state index contributed by atoms with van der Waals surface area (Å²) in [7, 11) is 1.47. The van der Waals surface area contributed by atoms with Crippen LogP contribution in [0.15, 0.2) is 72.6 Å². The van der Waals surface area contributed by atoms with Crippen molar-refractivity contribution < 1.29 is 28.9 Å². The van der Waals surface area contributed by atoms with E-state index in [1.807, 2.05) is 0 Å². The van der Waals surface area contributed by atoms with Crippen molar-refractivity contribution in [1.29, 1.82) is 0 Å². The Labute approximate surface area is 183 Å². The molecule has 2 aliphatic heterocycles. The molecule has 0 aliphatic carbocycles. The zero-order chi connectivity index (χ0) is 22.2. The number of aliphatic hydroxyl groups excluding tert-OH is 1. The summed E-state index contributed by atoms with van der Waals surface area (Å²) >= 11 is 0. The van der Waals surface area contributed by atoms with Gasteiger partial charge in [-0.2, -0.15) is 0 Å². The number of carbonyl (C=O) groups excluding carboxylic acids is 2. The molecular weight excluding hydrogens is 412 g/mol. The molecule has 3 aromatic rings. The van der Waals surface area contributed by atoms with Gasteiger partial charge in [-0.3, -0.25) is 19.5 Å². The lowest BCUT2D eigenvalue weighted by Crippen LogP contribution is -2.29. The number of ketones is 1. The van der Waals surface area contributed by atoms with Crippen LogP contribution in [0.3, 0.4) is 0 Å². The lowest BCUT2D eigenvalue weighted by molar-refractivity contribution is -0.132. The van der Waals surface area contributed by atoms with Gasteiger partial charge in [-0.25, -0.2) is 0 Å². The molecule has 8 heteroatoms. The average Bonchev–Trinajstić information content (AvgIpc) is 3.41. The van der Waals surface area contributed by atoms with E-state index in [4.69, 9.17) is 14.2 Å². The summed E-state index contributed by atoms with van der Waals surface area (Å²) in [5, 5.41) is 11.2. The van der Waals surface area contributed by atoms with Gasteiger partial charge in [0.2, 0.25) is 6.79 Å². The minimum absolute atomic E-state index is 0.0385.